The van der Waals surface area contributed by atoms with Crippen molar-refractivity contribution >= 4 is 44.5 Å². The van der Waals surface area contributed by atoms with Crippen molar-refractivity contribution in [2.24, 2.45) is 5.92 Å². The molecule has 200 valence electrons. The predicted octanol–water partition coefficient (Wildman–Crippen LogP) is 8.03. The van der Waals surface area contributed by atoms with E-state index in [-0.39, 0.29) is 0 Å². The minimum Gasteiger partial charge on any atom is -0.359 e. The molecule has 0 aliphatic heterocycles. The Balaban J connectivity index is 1.36. The maximum atomic E-state index is 5.01. The van der Waals surface area contributed by atoms with Crippen molar-refractivity contribution in [2.45, 2.75) is 33.1 Å². The lowest BCUT2D eigenvalue weighted by atomic mass is 9.83. The summed E-state index contributed by atoms with van der Waals surface area (Å²) in [6.07, 6.45) is 13.2. The van der Waals surface area contributed by atoms with Gasteiger partial charge in [0.2, 0.25) is 0 Å². The second kappa shape index (κ2) is 10.5. The number of pyridine rings is 2. The second-order valence-corrected chi connectivity index (χ2v) is 11.2. The highest BCUT2D eigenvalue weighted by Crippen LogP contribution is 2.36. The van der Waals surface area contributed by atoms with Crippen molar-refractivity contribution in [1.82, 2.24) is 35.5 Å². The molecule has 0 aromatic carbocycles. The summed E-state index contributed by atoms with van der Waals surface area (Å²) < 4.78 is 0. The molecule has 0 saturated heterocycles. The maximum Gasteiger partial charge on any atom is 0.161 e. The molecule has 0 atom stereocenters. The van der Waals surface area contributed by atoms with Crippen LogP contribution in [0.25, 0.3) is 55.2 Å². The number of hydrogen-bond donors (Lipinski definition) is 3. The van der Waals surface area contributed by atoms with Gasteiger partial charge in [-0.2, -0.15) is 5.10 Å². The fourth-order valence-electron chi connectivity index (χ4n) is 4.83. The van der Waals surface area contributed by atoms with Crippen LogP contribution in [0.1, 0.15) is 43.7 Å². The van der Waals surface area contributed by atoms with Crippen molar-refractivity contribution in [3.8, 4) is 22.0 Å². The molecule has 40 heavy (non-hydrogen) atoms. The molecular formula is C32H31N7S. The molecule has 0 spiro atoms. The van der Waals surface area contributed by atoms with Gasteiger partial charge in [0.15, 0.2) is 11.5 Å². The first-order valence-electron chi connectivity index (χ1n) is 13.4. The van der Waals surface area contributed by atoms with Crippen LogP contribution in [0.15, 0.2) is 86.0 Å². The molecular weight excluding hydrogens is 514 g/mol. The quantitative estimate of drug-likeness (QED) is 0.163. The lowest BCUT2D eigenvalue weighted by molar-refractivity contribution is 0.356. The summed E-state index contributed by atoms with van der Waals surface area (Å²) in [5, 5.41) is 11.1. The van der Waals surface area contributed by atoms with Crippen LogP contribution >= 0.6 is 11.3 Å². The standard InChI is InChI=1S/C32H31N7S/c1-6-20(15-22(7-2)34-19(5)21-9-8-10-21)24-11-12-25-30(35-24)31(39-38-25)32-36-26-17-33-16-23(29(26)37-32)28-14-13-27(40-28)18(3)4/h6-7,11-17,21,34H,2-3,5,8-10H2,1,4H3,(H,36,37)(H,38,39)/b20-6+,22-15+. The van der Waals surface area contributed by atoms with Gasteiger partial charge in [0.25, 0.3) is 0 Å². The number of rotatable bonds is 9. The van der Waals surface area contributed by atoms with Gasteiger partial charge in [-0.3, -0.25) is 10.1 Å². The van der Waals surface area contributed by atoms with Crippen LogP contribution in [0.5, 0.6) is 0 Å². The molecule has 7 nitrogen and oxygen atoms in total. The van der Waals surface area contributed by atoms with Crippen molar-refractivity contribution in [2.75, 3.05) is 0 Å². The molecule has 3 N–H and O–H groups in total. The largest absolute Gasteiger partial charge is 0.359 e. The molecule has 6 rings (SSSR count). The number of hydrogen-bond acceptors (Lipinski definition) is 6. The zero-order valence-corrected chi connectivity index (χ0v) is 23.5. The van der Waals surface area contributed by atoms with E-state index in [1.165, 1.54) is 19.3 Å². The molecule has 1 saturated carbocycles. The Labute approximate surface area is 237 Å². The fraction of sp³-hybridized carbons (Fsp3) is 0.188. The lowest BCUT2D eigenvalue weighted by Crippen LogP contribution is -2.23. The third-order valence-corrected chi connectivity index (χ3v) is 8.64. The average molecular weight is 546 g/mol. The van der Waals surface area contributed by atoms with E-state index < -0.39 is 0 Å². The van der Waals surface area contributed by atoms with E-state index in [0.717, 1.165) is 65.6 Å². The number of H-pyrrole nitrogens is 2. The normalized spacial score (nSPS) is 14.4. The van der Waals surface area contributed by atoms with Crippen molar-refractivity contribution in [3.05, 3.63) is 96.6 Å². The van der Waals surface area contributed by atoms with Crippen LogP contribution in [0, 0.1) is 5.92 Å². The van der Waals surface area contributed by atoms with E-state index in [2.05, 4.69) is 63.4 Å². The molecule has 0 unspecified atom stereocenters. The molecule has 0 radical (unpaired) electrons. The molecule has 0 bridgehead atoms. The first-order chi connectivity index (χ1) is 19.4. The summed E-state index contributed by atoms with van der Waals surface area (Å²) in [7, 11) is 0. The Bertz CT molecular complexity index is 1840. The van der Waals surface area contributed by atoms with E-state index in [4.69, 9.17) is 9.97 Å². The van der Waals surface area contributed by atoms with Gasteiger partial charge in [-0.1, -0.05) is 32.2 Å². The molecule has 5 aromatic heterocycles. The van der Waals surface area contributed by atoms with Gasteiger partial charge in [-0.05, 0) is 80.2 Å². The van der Waals surface area contributed by atoms with E-state index in [9.17, 15) is 0 Å². The fourth-order valence-corrected chi connectivity index (χ4v) is 5.77. The average Bonchev–Trinajstić information content (AvgIpc) is 3.67. The van der Waals surface area contributed by atoms with Crippen molar-refractivity contribution in [3.63, 3.8) is 0 Å². The zero-order chi connectivity index (χ0) is 27.8. The molecule has 1 aliphatic carbocycles. The summed E-state index contributed by atoms with van der Waals surface area (Å²) in [4.78, 5) is 20.1. The summed E-state index contributed by atoms with van der Waals surface area (Å²) in [5.41, 5.74) is 9.69. The van der Waals surface area contributed by atoms with Gasteiger partial charge in [-0.15, -0.1) is 11.3 Å². The SMILES string of the molecule is C=C/C(=C\C(=C/C)c1ccc2[nH]nc(-c3nc4c(-c5ccc(C(=C)C)s5)cncc4[nH]3)c2n1)NC(=C)C1CCC1. The smallest absolute Gasteiger partial charge is 0.161 e. The first-order valence-corrected chi connectivity index (χ1v) is 14.2. The summed E-state index contributed by atoms with van der Waals surface area (Å²) in [6, 6.07) is 8.18. The van der Waals surface area contributed by atoms with Crippen LogP contribution in [0.2, 0.25) is 0 Å². The topological polar surface area (TPSA) is 95.2 Å². The molecule has 1 aliphatic rings. The third kappa shape index (κ3) is 4.71. The highest BCUT2D eigenvalue weighted by molar-refractivity contribution is 7.16. The zero-order valence-electron chi connectivity index (χ0n) is 22.7. The minimum absolute atomic E-state index is 0.535. The maximum absolute atomic E-state index is 5.01. The van der Waals surface area contributed by atoms with Gasteiger partial charge < -0.3 is 10.3 Å². The molecule has 0 amide bonds. The Kier molecular flexibility index (Phi) is 6.77. The number of aromatic nitrogens is 6. The summed E-state index contributed by atoms with van der Waals surface area (Å²) in [6.45, 7) is 16.3. The van der Waals surface area contributed by atoms with E-state index in [1.807, 2.05) is 44.3 Å². The highest BCUT2D eigenvalue weighted by atomic mass is 32.1. The number of aromatic amines is 2. The summed E-state index contributed by atoms with van der Waals surface area (Å²) >= 11 is 1.69. The number of fused-ring (bicyclic) bond motifs is 2. The monoisotopic (exact) mass is 545 g/mol. The van der Waals surface area contributed by atoms with Gasteiger partial charge in [-0.25, -0.2) is 9.97 Å². The van der Waals surface area contributed by atoms with Crippen LogP contribution in [-0.2, 0) is 0 Å². The minimum atomic E-state index is 0.535. The number of allylic oxidation sites excluding steroid dienone is 6. The van der Waals surface area contributed by atoms with E-state index in [1.54, 1.807) is 17.5 Å². The number of nitrogens with zero attached hydrogens (tertiary/aromatic N) is 4. The first kappa shape index (κ1) is 25.7. The Hall–Kier alpha value is -4.56. The van der Waals surface area contributed by atoms with Crippen molar-refractivity contribution < 1.29 is 0 Å². The Morgan fingerprint density at radius 2 is 1.93 bits per heavy atom. The highest BCUT2D eigenvalue weighted by Gasteiger charge is 2.21. The van der Waals surface area contributed by atoms with Gasteiger partial charge in [0.05, 0.1) is 22.9 Å². The van der Waals surface area contributed by atoms with Crippen LogP contribution in [-0.4, -0.2) is 30.1 Å². The van der Waals surface area contributed by atoms with Gasteiger partial charge in [0.1, 0.15) is 11.0 Å². The van der Waals surface area contributed by atoms with Gasteiger partial charge in [0, 0.05) is 32.9 Å². The van der Waals surface area contributed by atoms with Crippen LogP contribution in [0.4, 0.5) is 0 Å². The molecule has 1 fully saturated rings. The second-order valence-electron chi connectivity index (χ2n) is 10.1. The third-order valence-electron chi connectivity index (χ3n) is 7.36. The van der Waals surface area contributed by atoms with Crippen molar-refractivity contribution in [1.29, 1.82) is 0 Å². The van der Waals surface area contributed by atoms with Crippen LogP contribution in [0.3, 0.4) is 0 Å². The van der Waals surface area contributed by atoms with Gasteiger partial charge >= 0.3 is 0 Å². The van der Waals surface area contributed by atoms with Crippen LogP contribution < -0.4 is 5.32 Å². The van der Waals surface area contributed by atoms with E-state index in [0.29, 0.717) is 17.4 Å². The molecule has 8 heteroatoms. The van der Waals surface area contributed by atoms with E-state index >= 15 is 0 Å². The Morgan fingerprint density at radius 1 is 1.07 bits per heavy atom. The number of imidazole rings is 1. The molecule has 5 heterocycles. The number of thiophene rings is 1. The lowest BCUT2D eigenvalue weighted by Gasteiger charge is -2.28. The number of nitrogens with one attached hydrogen (secondary N) is 3. The predicted molar refractivity (Wildman–Crippen MR) is 166 cm³/mol. The summed E-state index contributed by atoms with van der Waals surface area (Å²) in [5.74, 6) is 1.17. The Morgan fingerprint density at radius 3 is 2.62 bits per heavy atom. The molecule has 5 aromatic rings.